The minimum Gasteiger partial charge on any atom is -0.397 e. The highest BCUT2D eigenvalue weighted by molar-refractivity contribution is 5.96. The molecule has 96 valence electrons. The first-order chi connectivity index (χ1) is 8.83. The van der Waals surface area contributed by atoms with E-state index < -0.39 is 0 Å². The topological polar surface area (TPSA) is 80.4 Å². The van der Waals surface area contributed by atoms with Crippen molar-refractivity contribution in [3.05, 3.63) is 30.5 Å². The van der Waals surface area contributed by atoms with Crippen molar-refractivity contribution in [3.63, 3.8) is 0 Å². The van der Waals surface area contributed by atoms with Gasteiger partial charge in [-0.25, -0.2) is 0 Å². The number of hydrogen-bond donors (Lipinski definition) is 3. The fraction of sp³-hybridized carbons (Fsp3) is 0.308. The zero-order valence-electron chi connectivity index (χ0n) is 10.1. The van der Waals surface area contributed by atoms with Crippen molar-refractivity contribution >= 4 is 22.3 Å². The van der Waals surface area contributed by atoms with Crippen molar-refractivity contribution in [3.8, 4) is 0 Å². The van der Waals surface area contributed by atoms with Gasteiger partial charge in [-0.15, -0.1) is 0 Å². The highest BCUT2D eigenvalue weighted by Crippen LogP contribution is 2.26. The lowest BCUT2D eigenvalue weighted by Gasteiger charge is -2.11. The smallest absolute Gasteiger partial charge is 0.0724 e. The number of nitrogens with two attached hydrogens (primary N) is 1. The summed E-state index contributed by atoms with van der Waals surface area (Å²) in [6.07, 6.45) is 1.75. The third-order valence-corrected chi connectivity index (χ3v) is 2.62. The SMILES string of the molecule is Nc1c(NCCOCCO)ccc2ncccc12. The number of nitrogens with one attached hydrogen (secondary N) is 1. The third-order valence-electron chi connectivity index (χ3n) is 2.62. The second kappa shape index (κ2) is 6.18. The normalized spacial score (nSPS) is 10.7. The van der Waals surface area contributed by atoms with Crippen molar-refractivity contribution in [1.82, 2.24) is 4.98 Å². The Kier molecular flexibility index (Phi) is 4.33. The van der Waals surface area contributed by atoms with E-state index in [-0.39, 0.29) is 6.61 Å². The zero-order chi connectivity index (χ0) is 12.8. The summed E-state index contributed by atoms with van der Waals surface area (Å²) >= 11 is 0. The van der Waals surface area contributed by atoms with Gasteiger partial charge in [0, 0.05) is 18.1 Å². The molecular weight excluding hydrogens is 230 g/mol. The summed E-state index contributed by atoms with van der Waals surface area (Å²) in [7, 11) is 0. The summed E-state index contributed by atoms with van der Waals surface area (Å²) in [4.78, 5) is 4.24. The van der Waals surface area contributed by atoms with Crippen molar-refractivity contribution < 1.29 is 9.84 Å². The lowest BCUT2D eigenvalue weighted by molar-refractivity contribution is 0.0992. The molecule has 5 nitrogen and oxygen atoms in total. The van der Waals surface area contributed by atoms with E-state index in [1.165, 1.54) is 0 Å². The number of rotatable bonds is 6. The van der Waals surface area contributed by atoms with Gasteiger partial charge in [0.05, 0.1) is 36.7 Å². The van der Waals surface area contributed by atoms with Crippen molar-refractivity contribution in [1.29, 1.82) is 0 Å². The Balaban J connectivity index is 2.03. The number of hydrogen-bond acceptors (Lipinski definition) is 5. The van der Waals surface area contributed by atoms with E-state index in [1.807, 2.05) is 24.3 Å². The number of benzene rings is 1. The average Bonchev–Trinajstić information content (AvgIpc) is 2.41. The molecule has 0 unspecified atom stereocenters. The minimum atomic E-state index is 0.0454. The number of ether oxygens (including phenoxy) is 1. The first kappa shape index (κ1) is 12.6. The van der Waals surface area contributed by atoms with Crippen LogP contribution >= 0.6 is 0 Å². The summed E-state index contributed by atoms with van der Waals surface area (Å²) in [5.41, 5.74) is 8.54. The predicted octanol–water partition coefficient (Wildman–Crippen LogP) is 1.24. The van der Waals surface area contributed by atoms with Crippen LogP contribution in [0.25, 0.3) is 10.9 Å². The van der Waals surface area contributed by atoms with Crippen LogP contribution in [0.2, 0.25) is 0 Å². The average molecular weight is 247 g/mol. The van der Waals surface area contributed by atoms with Crippen LogP contribution in [0.5, 0.6) is 0 Å². The molecule has 0 spiro atoms. The molecule has 0 saturated heterocycles. The fourth-order valence-electron chi connectivity index (χ4n) is 1.75. The Morgan fingerprint density at radius 3 is 3.00 bits per heavy atom. The van der Waals surface area contributed by atoms with Gasteiger partial charge in [0.1, 0.15) is 0 Å². The number of nitrogens with zero attached hydrogens (tertiary/aromatic N) is 1. The van der Waals surface area contributed by atoms with Crippen molar-refractivity contribution in [2.45, 2.75) is 0 Å². The van der Waals surface area contributed by atoms with Gasteiger partial charge >= 0.3 is 0 Å². The Hall–Kier alpha value is -1.85. The molecule has 0 fully saturated rings. The van der Waals surface area contributed by atoms with Crippen LogP contribution in [-0.4, -0.2) is 36.5 Å². The minimum absolute atomic E-state index is 0.0454. The van der Waals surface area contributed by atoms with Crippen LogP contribution in [0.3, 0.4) is 0 Å². The molecular formula is C13H17N3O2. The number of aromatic nitrogens is 1. The van der Waals surface area contributed by atoms with E-state index in [0.717, 1.165) is 16.6 Å². The number of anilines is 2. The van der Waals surface area contributed by atoms with Gasteiger partial charge in [0.2, 0.25) is 0 Å². The molecule has 0 aliphatic rings. The molecule has 18 heavy (non-hydrogen) atoms. The Bertz CT molecular complexity index is 517. The lowest BCUT2D eigenvalue weighted by atomic mass is 10.1. The van der Waals surface area contributed by atoms with Crippen LogP contribution in [-0.2, 0) is 4.74 Å². The Morgan fingerprint density at radius 2 is 2.17 bits per heavy atom. The zero-order valence-corrected chi connectivity index (χ0v) is 10.1. The third kappa shape index (κ3) is 2.88. The van der Waals surface area contributed by atoms with E-state index in [9.17, 15) is 0 Å². The molecule has 0 radical (unpaired) electrons. The van der Waals surface area contributed by atoms with Crippen molar-refractivity contribution in [2.24, 2.45) is 0 Å². The summed E-state index contributed by atoms with van der Waals surface area (Å²) < 4.78 is 5.17. The molecule has 4 N–H and O–H groups in total. The van der Waals surface area contributed by atoms with E-state index in [1.54, 1.807) is 6.20 Å². The molecule has 1 heterocycles. The van der Waals surface area contributed by atoms with E-state index in [2.05, 4.69) is 10.3 Å². The molecule has 0 saturated carbocycles. The van der Waals surface area contributed by atoms with Gasteiger partial charge in [0.15, 0.2) is 0 Å². The number of pyridine rings is 1. The van der Waals surface area contributed by atoms with Crippen LogP contribution in [0.4, 0.5) is 11.4 Å². The maximum atomic E-state index is 8.57. The number of aliphatic hydroxyl groups is 1. The molecule has 0 aliphatic carbocycles. The van der Waals surface area contributed by atoms with Crippen LogP contribution in [0.1, 0.15) is 0 Å². The molecule has 0 bridgehead atoms. The summed E-state index contributed by atoms with van der Waals surface area (Å²) in [5, 5.41) is 12.7. The summed E-state index contributed by atoms with van der Waals surface area (Å²) in [6, 6.07) is 7.66. The molecule has 2 rings (SSSR count). The Labute approximate surface area is 106 Å². The van der Waals surface area contributed by atoms with Gasteiger partial charge in [-0.2, -0.15) is 0 Å². The van der Waals surface area contributed by atoms with Crippen LogP contribution in [0.15, 0.2) is 30.5 Å². The van der Waals surface area contributed by atoms with Gasteiger partial charge in [0.25, 0.3) is 0 Å². The molecule has 1 aromatic carbocycles. The quantitative estimate of drug-likeness (QED) is 0.528. The monoisotopic (exact) mass is 247 g/mol. The van der Waals surface area contributed by atoms with Gasteiger partial charge in [-0.05, 0) is 24.3 Å². The Morgan fingerprint density at radius 1 is 1.28 bits per heavy atom. The maximum Gasteiger partial charge on any atom is 0.0724 e. The number of aliphatic hydroxyl groups excluding tert-OH is 1. The number of nitrogen functional groups attached to an aromatic ring is 1. The van der Waals surface area contributed by atoms with Crippen LogP contribution in [0, 0.1) is 0 Å². The molecule has 1 aromatic heterocycles. The first-order valence-electron chi connectivity index (χ1n) is 5.88. The fourth-order valence-corrected chi connectivity index (χ4v) is 1.75. The predicted molar refractivity (Wildman–Crippen MR) is 72.5 cm³/mol. The number of fused-ring (bicyclic) bond motifs is 1. The van der Waals surface area contributed by atoms with Crippen LogP contribution < -0.4 is 11.1 Å². The van der Waals surface area contributed by atoms with Crippen molar-refractivity contribution in [2.75, 3.05) is 37.4 Å². The maximum absolute atomic E-state index is 8.57. The summed E-state index contributed by atoms with van der Waals surface area (Å²) in [5.74, 6) is 0. The van der Waals surface area contributed by atoms with E-state index >= 15 is 0 Å². The highest BCUT2D eigenvalue weighted by Gasteiger charge is 2.03. The van der Waals surface area contributed by atoms with Gasteiger partial charge < -0.3 is 20.9 Å². The lowest BCUT2D eigenvalue weighted by Crippen LogP contribution is -2.12. The summed E-state index contributed by atoms with van der Waals surface area (Å²) in [6.45, 7) is 1.59. The molecule has 2 aromatic rings. The van der Waals surface area contributed by atoms with E-state index in [0.29, 0.717) is 25.4 Å². The molecule has 0 aliphatic heterocycles. The standard InChI is InChI=1S/C13H17N3O2/c14-13-10-2-1-5-15-11(10)3-4-12(13)16-6-8-18-9-7-17/h1-5,16-17H,6-9,14H2. The van der Waals surface area contributed by atoms with E-state index in [4.69, 9.17) is 15.6 Å². The molecule has 5 heteroatoms. The highest BCUT2D eigenvalue weighted by atomic mass is 16.5. The van der Waals surface area contributed by atoms with Gasteiger partial charge in [-0.3, -0.25) is 4.98 Å². The second-order valence-electron chi connectivity index (χ2n) is 3.86. The first-order valence-corrected chi connectivity index (χ1v) is 5.88. The molecule has 0 atom stereocenters. The largest absolute Gasteiger partial charge is 0.397 e. The molecule has 0 amide bonds. The second-order valence-corrected chi connectivity index (χ2v) is 3.86. The van der Waals surface area contributed by atoms with Gasteiger partial charge in [-0.1, -0.05) is 0 Å².